The van der Waals surface area contributed by atoms with Crippen LogP contribution in [-0.4, -0.2) is 6.54 Å². The Morgan fingerprint density at radius 3 is 2.83 bits per heavy atom. The molecule has 0 saturated carbocycles. The number of hydrogen-bond donors (Lipinski definition) is 1. The van der Waals surface area contributed by atoms with E-state index in [4.69, 9.17) is 0 Å². The van der Waals surface area contributed by atoms with E-state index >= 15 is 0 Å². The smallest absolute Gasteiger partial charge is 0.130 e. The minimum absolute atomic E-state index is 0.0466. The van der Waals surface area contributed by atoms with E-state index in [1.165, 1.54) is 0 Å². The monoisotopic (exact) mass is 165 g/mol. The van der Waals surface area contributed by atoms with Crippen LogP contribution in [0.15, 0.2) is 18.2 Å². The minimum atomic E-state index is -0.0466. The van der Waals surface area contributed by atoms with Crippen molar-refractivity contribution in [3.63, 3.8) is 0 Å². The van der Waals surface area contributed by atoms with E-state index in [0.717, 1.165) is 24.1 Å². The number of benzene rings is 1. The molecule has 1 aromatic rings. The highest BCUT2D eigenvalue weighted by molar-refractivity contribution is 5.28. The predicted molar refractivity (Wildman–Crippen MR) is 46.5 cm³/mol. The summed E-state index contributed by atoms with van der Waals surface area (Å²) in [4.78, 5) is 0. The molecule has 0 spiro atoms. The van der Waals surface area contributed by atoms with E-state index in [-0.39, 0.29) is 11.9 Å². The Hall–Kier alpha value is -0.890. The molecular formula is C10H12FN. The molecule has 1 saturated heterocycles. The Morgan fingerprint density at radius 1 is 1.50 bits per heavy atom. The molecule has 2 rings (SSSR count). The van der Waals surface area contributed by atoms with Crippen LogP contribution in [0.4, 0.5) is 4.39 Å². The normalized spacial score (nSPS) is 22.0. The average molecular weight is 165 g/mol. The lowest BCUT2D eigenvalue weighted by molar-refractivity contribution is 0.369. The largest absolute Gasteiger partial charge is 0.310 e. The van der Waals surface area contributed by atoms with Crippen LogP contribution < -0.4 is 5.32 Å². The van der Waals surface area contributed by atoms with Gasteiger partial charge in [-0.15, -0.1) is 0 Å². The van der Waals surface area contributed by atoms with Crippen molar-refractivity contribution >= 4 is 0 Å². The second-order valence-electron chi connectivity index (χ2n) is 3.27. The average Bonchev–Trinajstić information content (AvgIpc) is 1.95. The molecule has 0 bridgehead atoms. The first kappa shape index (κ1) is 7.74. The summed E-state index contributed by atoms with van der Waals surface area (Å²) in [5, 5.41) is 3.19. The van der Waals surface area contributed by atoms with Gasteiger partial charge in [0.1, 0.15) is 5.82 Å². The van der Waals surface area contributed by atoms with Gasteiger partial charge >= 0.3 is 0 Å². The van der Waals surface area contributed by atoms with Crippen molar-refractivity contribution in [3.05, 3.63) is 35.1 Å². The van der Waals surface area contributed by atoms with E-state index in [9.17, 15) is 4.39 Å². The highest BCUT2D eigenvalue weighted by Crippen LogP contribution is 2.26. The van der Waals surface area contributed by atoms with Gasteiger partial charge in [-0.05, 0) is 25.5 Å². The molecule has 64 valence electrons. The third-order valence-corrected chi connectivity index (χ3v) is 2.42. The summed E-state index contributed by atoms with van der Waals surface area (Å²) in [5.74, 6) is -0.0466. The van der Waals surface area contributed by atoms with Crippen LogP contribution in [0.25, 0.3) is 0 Å². The van der Waals surface area contributed by atoms with Crippen LogP contribution in [0.3, 0.4) is 0 Å². The van der Waals surface area contributed by atoms with Crippen LogP contribution in [0.1, 0.15) is 23.6 Å². The number of nitrogens with one attached hydrogen (secondary N) is 1. The molecule has 1 aromatic carbocycles. The van der Waals surface area contributed by atoms with Crippen molar-refractivity contribution in [2.75, 3.05) is 6.54 Å². The molecule has 1 atom stereocenters. The lowest BCUT2D eigenvalue weighted by Gasteiger charge is -2.28. The molecule has 12 heavy (non-hydrogen) atoms. The van der Waals surface area contributed by atoms with Crippen LogP contribution >= 0.6 is 0 Å². The standard InChI is InChI=1S/C10H12FN/c1-7-3-2-4-8(10(7)11)9-5-6-12-9/h2-4,9,12H,5-6H2,1H3/t9-/m0/s1. The lowest BCUT2D eigenvalue weighted by atomic mass is 9.96. The van der Waals surface area contributed by atoms with Crippen molar-refractivity contribution < 1.29 is 4.39 Å². The van der Waals surface area contributed by atoms with Crippen molar-refractivity contribution in [2.45, 2.75) is 19.4 Å². The first-order valence-corrected chi connectivity index (χ1v) is 4.27. The summed E-state index contributed by atoms with van der Waals surface area (Å²) in [6.07, 6.45) is 1.06. The lowest BCUT2D eigenvalue weighted by Crippen LogP contribution is -2.35. The first-order valence-electron chi connectivity index (χ1n) is 4.27. The van der Waals surface area contributed by atoms with Gasteiger partial charge in [-0.3, -0.25) is 0 Å². The molecule has 1 N–H and O–H groups in total. The quantitative estimate of drug-likeness (QED) is 0.672. The number of hydrogen-bond acceptors (Lipinski definition) is 1. The predicted octanol–water partition coefficient (Wildman–Crippen LogP) is 2.17. The molecule has 0 amide bonds. The maximum atomic E-state index is 13.4. The molecule has 1 aliphatic heterocycles. The molecule has 0 unspecified atom stereocenters. The first-order chi connectivity index (χ1) is 5.79. The van der Waals surface area contributed by atoms with Crippen molar-refractivity contribution in [3.8, 4) is 0 Å². The van der Waals surface area contributed by atoms with E-state index in [1.54, 1.807) is 13.0 Å². The molecule has 0 aliphatic carbocycles. The maximum absolute atomic E-state index is 13.4. The van der Waals surface area contributed by atoms with E-state index < -0.39 is 0 Å². The third-order valence-electron chi connectivity index (χ3n) is 2.42. The van der Waals surface area contributed by atoms with Gasteiger partial charge < -0.3 is 5.32 Å². The molecular weight excluding hydrogens is 153 g/mol. The highest BCUT2D eigenvalue weighted by Gasteiger charge is 2.21. The fraction of sp³-hybridized carbons (Fsp3) is 0.400. The summed E-state index contributed by atoms with van der Waals surface area (Å²) in [5.41, 5.74) is 1.56. The summed E-state index contributed by atoms with van der Waals surface area (Å²) in [6, 6.07) is 5.83. The molecule has 0 aromatic heterocycles. The molecule has 0 radical (unpaired) electrons. The van der Waals surface area contributed by atoms with Gasteiger partial charge in [0.2, 0.25) is 0 Å². The van der Waals surface area contributed by atoms with Crippen LogP contribution in [0, 0.1) is 12.7 Å². The van der Waals surface area contributed by atoms with Crippen molar-refractivity contribution in [1.82, 2.24) is 5.32 Å². The zero-order chi connectivity index (χ0) is 8.55. The second kappa shape index (κ2) is 2.87. The second-order valence-corrected chi connectivity index (χ2v) is 3.27. The molecule has 1 aliphatic rings. The Bertz CT molecular complexity index is 292. The highest BCUT2D eigenvalue weighted by atomic mass is 19.1. The SMILES string of the molecule is Cc1cccc([C@@H]2CCN2)c1F. The van der Waals surface area contributed by atoms with Gasteiger partial charge in [0.15, 0.2) is 0 Å². The summed E-state index contributed by atoms with van der Waals surface area (Å²) < 4.78 is 13.4. The van der Waals surface area contributed by atoms with Crippen molar-refractivity contribution in [1.29, 1.82) is 0 Å². The zero-order valence-corrected chi connectivity index (χ0v) is 7.10. The summed E-state index contributed by atoms with van der Waals surface area (Å²) in [6.45, 7) is 2.82. The van der Waals surface area contributed by atoms with Crippen LogP contribution in [-0.2, 0) is 0 Å². The zero-order valence-electron chi connectivity index (χ0n) is 7.10. The Balaban J connectivity index is 2.36. The van der Waals surface area contributed by atoms with Gasteiger partial charge in [-0.1, -0.05) is 18.2 Å². The van der Waals surface area contributed by atoms with E-state index in [2.05, 4.69) is 5.32 Å². The fourth-order valence-corrected chi connectivity index (χ4v) is 1.49. The van der Waals surface area contributed by atoms with Crippen molar-refractivity contribution in [2.24, 2.45) is 0 Å². The number of halogens is 1. The fourth-order valence-electron chi connectivity index (χ4n) is 1.49. The van der Waals surface area contributed by atoms with E-state index in [1.807, 2.05) is 12.1 Å². The molecule has 1 nitrogen and oxygen atoms in total. The Morgan fingerprint density at radius 2 is 2.25 bits per heavy atom. The third kappa shape index (κ3) is 1.12. The Kier molecular flexibility index (Phi) is 1.85. The number of rotatable bonds is 1. The maximum Gasteiger partial charge on any atom is 0.130 e. The molecule has 1 fully saturated rings. The number of aryl methyl sites for hydroxylation is 1. The van der Waals surface area contributed by atoms with Gasteiger partial charge in [0.25, 0.3) is 0 Å². The molecule has 2 heteroatoms. The van der Waals surface area contributed by atoms with Gasteiger partial charge in [-0.25, -0.2) is 4.39 Å². The van der Waals surface area contributed by atoms with Gasteiger partial charge in [-0.2, -0.15) is 0 Å². The van der Waals surface area contributed by atoms with E-state index in [0.29, 0.717) is 0 Å². The van der Waals surface area contributed by atoms with Crippen LogP contribution in [0.2, 0.25) is 0 Å². The van der Waals surface area contributed by atoms with Gasteiger partial charge in [0, 0.05) is 11.6 Å². The Labute approximate surface area is 71.6 Å². The molecule has 1 heterocycles. The summed E-state index contributed by atoms with van der Waals surface area (Å²) in [7, 11) is 0. The summed E-state index contributed by atoms with van der Waals surface area (Å²) >= 11 is 0. The van der Waals surface area contributed by atoms with Gasteiger partial charge in [0.05, 0.1) is 0 Å². The topological polar surface area (TPSA) is 12.0 Å². The van der Waals surface area contributed by atoms with Crippen LogP contribution in [0.5, 0.6) is 0 Å². The minimum Gasteiger partial charge on any atom is -0.310 e.